The Labute approximate surface area is 90.5 Å². The molecule has 0 saturated carbocycles. The van der Waals surface area contributed by atoms with Crippen LogP contribution < -0.4 is 5.32 Å². The van der Waals surface area contributed by atoms with Gasteiger partial charge < -0.3 is 5.32 Å². The van der Waals surface area contributed by atoms with E-state index in [0.29, 0.717) is 5.92 Å². The van der Waals surface area contributed by atoms with Gasteiger partial charge in [-0.2, -0.15) is 5.10 Å². The van der Waals surface area contributed by atoms with Crippen LogP contribution in [0.1, 0.15) is 24.5 Å². The van der Waals surface area contributed by atoms with Crippen LogP contribution >= 0.6 is 24.8 Å². The highest BCUT2D eigenvalue weighted by Gasteiger charge is 2.15. The fourth-order valence-electron chi connectivity index (χ4n) is 1.61. The number of nitrogens with one attached hydrogen (secondary N) is 2. The lowest BCUT2D eigenvalue weighted by molar-refractivity contribution is 0.454. The molecule has 0 spiro atoms. The van der Waals surface area contributed by atoms with E-state index in [0.717, 1.165) is 6.54 Å². The molecule has 5 heteroatoms. The summed E-state index contributed by atoms with van der Waals surface area (Å²) in [5.41, 5.74) is 1.28. The molecular weight excluding hydrogens is 209 g/mol. The summed E-state index contributed by atoms with van der Waals surface area (Å²) in [5.74, 6) is 0.659. The number of nitrogens with zero attached hydrogens (tertiary/aromatic N) is 1. The van der Waals surface area contributed by atoms with Crippen LogP contribution in [-0.2, 0) is 0 Å². The highest BCUT2D eigenvalue weighted by Crippen LogP contribution is 2.20. The van der Waals surface area contributed by atoms with Crippen LogP contribution in [0.25, 0.3) is 0 Å². The van der Waals surface area contributed by atoms with E-state index in [-0.39, 0.29) is 24.8 Å². The Morgan fingerprint density at radius 3 is 2.77 bits per heavy atom. The highest BCUT2D eigenvalue weighted by molar-refractivity contribution is 5.85. The maximum absolute atomic E-state index is 3.94. The highest BCUT2D eigenvalue weighted by atomic mass is 35.5. The van der Waals surface area contributed by atoms with E-state index in [2.05, 4.69) is 21.6 Å². The molecule has 0 aliphatic carbocycles. The van der Waals surface area contributed by atoms with Crippen LogP contribution in [0.5, 0.6) is 0 Å². The third-order valence-electron chi connectivity index (χ3n) is 2.26. The molecule has 2 rings (SSSR count). The monoisotopic (exact) mass is 223 g/mol. The third-order valence-corrected chi connectivity index (χ3v) is 2.26. The molecule has 0 radical (unpaired) electrons. The summed E-state index contributed by atoms with van der Waals surface area (Å²) >= 11 is 0. The van der Waals surface area contributed by atoms with E-state index < -0.39 is 0 Å². The van der Waals surface area contributed by atoms with Crippen LogP contribution in [0.4, 0.5) is 0 Å². The third kappa shape index (κ3) is 3.18. The van der Waals surface area contributed by atoms with Crippen LogP contribution in [0.3, 0.4) is 0 Å². The van der Waals surface area contributed by atoms with Gasteiger partial charge >= 0.3 is 0 Å². The maximum atomic E-state index is 3.94. The molecular formula is C8H15Cl2N3. The van der Waals surface area contributed by atoms with Gasteiger partial charge in [-0.05, 0) is 25.5 Å². The molecule has 2 heterocycles. The van der Waals surface area contributed by atoms with Gasteiger partial charge in [0.15, 0.2) is 0 Å². The van der Waals surface area contributed by atoms with E-state index in [9.17, 15) is 0 Å². The number of piperidine rings is 1. The molecule has 3 nitrogen and oxygen atoms in total. The Hall–Kier alpha value is -0.250. The van der Waals surface area contributed by atoms with Gasteiger partial charge in [0.1, 0.15) is 0 Å². The van der Waals surface area contributed by atoms with Crippen molar-refractivity contribution in [1.82, 2.24) is 15.5 Å². The van der Waals surface area contributed by atoms with Crippen LogP contribution in [0.15, 0.2) is 12.3 Å². The SMILES string of the molecule is Cl.Cl.c1cc([C@@H]2CCCNC2)[nH]n1. The number of H-pyrrole nitrogens is 1. The summed E-state index contributed by atoms with van der Waals surface area (Å²) in [6.45, 7) is 2.27. The summed E-state index contributed by atoms with van der Waals surface area (Å²) in [5, 5.41) is 10.3. The van der Waals surface area contributed by atoms with Crippen molar-refractivity contribution in [2.45, 2.75) is 18.8 Å². The first-order valence-corrected chi connectivity index (χ1v) is 4.17. The Balaban J connectivity index is 0.000000720. The van der Waals surface area contributed by atoms with Gasteiger partial charge in [-0.3, -0.25) is 5.10 Å². The topological polar surface area (TPSA) is 40.7 Å². The molecule has 2 N–H and O–H groups in total. The van der Waals surface area contributed by atoms with Gasteiger partial charge in [0, 0.05) is 24.4 Å². The fraction of sp³-hybridized carbons (Fsp3) is 0.625. The van der Waals surface area contributed by atoms with Gasteiger partial charge in [-0.25, -0.2) is 0 Å². The molecule has 13 heavy (non-hydrogen) atoms. The Kier molecular flexibility index (Phi) is 6.12. The number of rotatable bonds is 1. The number of hydrogen-bond donors (Lipinski definition) is 2. The molecule has 1 fully saturated rings. The standard InChI is InChI=1S/C8H13N3.2ClH/c1-2-7(6-9-4-1)8-3-5-10-11-8;;/h3,5,7,9H,1-2,4,6H2,(H,10,11);2*1H/t7-;;/m1../s1. The van der Waals surface area contributed by atoms with E-state index in [1.807, 2.05) is 6.20 Å². The molecule has 1 aromatic heterocycles. The minimum absolute atomic E-state index is 0. The Morgan fingerprint density at radius 1 is 1.38 bits per heavy atom. The van der Waals surface area contributed by atoms with Crippen LogP contribution in [-0.4, -0.2) is 23.3 Å². The zero-order valence-electron chi connectivity index (χ0n) is 7.32. The number of halogens is 2. The smallest absolute Gasteiger partial charge is 0.0490 e. The summed E-state index contributed by atoms with van der Waals surface area (Å²) < 4.78 is 0. The normalized spacial score (nSPS) is 21.4. The second-order valence-electron chi connectivity index (χ2n) is 3.06. The number of aromatic nitrogens is 2. The van der Waals surface area contributed by atoms with Crippen molar-refractivity contribution in [2.75, 3.05) is 13.1 Å². The lowest BCUT2D eigenvalue weighted by Gasteiger charge is -2.20. The van der Waals surface area contributed by atoms with Gasteiger partial charge in [-0.15, -0.1) is 24.8 Å². The largest absolute Gasteiger partial charge is 0.316 e. The second kappa shape index (κ2) is 6.24. The van der Waals surface area contributed by atoms with Crippen LogP contribution in [0.2, 0.25) is 0 Å². The van der Waals surface area contributed by atoms with Crippen molar-refractivity contribution in [2.24, 2.45) is 0 Å². The van der Waals surface area contributed by atoms with E-state index in [4.69, 9.17) is 0 Å². The fourth-order valence-corrected chi connectivity index (χ4v) is 1.61. The van der Waals surface area contributed by atoms with Gasteiger partial charge in [-0.1, -0.05) is 0 Å². The van der Waals surface area contributed by atoms with Crippen molar-refractivity contribution in [1.29, 1.82) is 0 Å². The van der Waals surface area contributed by atoms with E-state index >= 15 is 0 Å². The second-order valence-corrected chi connectivity index (χ2v) is 3.06. The molecule has 76 valence electrons. The maximum Gasteiger partial charge on any atom is 0.0490 e. The van der Waals surface area contributed by atoms with E-state index in [1.165, 1.54) is 25.1 Å². The first-order chi connectivity index (χ1) is 5.47. The molecule has 1 aromatic rings. The zero-order valence-corrected chi connectivity index (χ0v) is 8.96. The molecule has 1 aliphatic rings. The summed E-state index contributed by atoms with van der Waals surface area (Å²) in [6, 6.07) is 2.07. The minimum Gasteiger partial charge on any atom is -0.316 e. The van der Waals surface area contributed by atoms with E-state index in [1.54, 1.807) is 0 Å². The van der Waals surface area contributed by atoms with Crippen molar-refractivity contribution >= 4 is 24.8 Å². The molecule has 0 unspecified atom stereocenters. The molecule has 1 atom stereocenters. The van der Waals surface area contributed by atoms with Gasteiger partial charge in [0.05, 0.1) is 0 Å². The summed E-state index contributed by atoms with van der Waals surface area (Å²) in [4.78, 5) is 0. The molecule has 1 saturated heterocycles. The first-order valence-electron chi connectivity index (χ1n) is 4.17. The summed E-state index contributed by atoms with van der Waals surface area (Å²) in [6.07, 6.45) is 4.39. The predicted molar refractivity (Wildman–Crippen MR) is 57.9 cm³/mol. The number of aromatic amines is 1. The van der Waals surface area contributed by atoms with Gasteiger partial charge in [0.2, 0.25) is 0 Å². The van der Waals surface area contributed by atoms with Crippen molar-refractivity contribution in [3.63, 3.8) is 0 Å². The van der Waals surface area contributed by atoms with Crippen molar-refractivity contribution in [3.05, 3.63) is 18.0 Å². The lowest BCUT2D eigenvalue weighted by atomic mass is 9.97. The molecule has 0 aromatic carbocycles. The number of hydrogen-bond acceptors (Lipinski definition) is 2. The molecule has 0 amide bonds. The Bertz CT molecular complexity index is 207. The molecule has 1 aliphatic heterocycles. The minimum atomic E-state index is 0. The molecule has 0 bridgehead atoms. The zero-order chi connectivity index (χ0) is 7.52. The predicted octanol–water partition coefficient (Wildman–Crippen LogP) is 1.72. The quantitative estimate of drug-likeness (QED) is 0.762. The summed E-state index contributed by atoms with van der Waals surface area (Å²) in [7, 11) is 0. The van der Waals surface area contributed by atoms with Crippen molar-refractivity contribution in [3.8, 4) is 0 Å². The van der Waals surface area contributed by atoms with Gasteiger partial charge in [0.25, 0.3) is 0 Å². The average molecular weight is 224 g/mol. The Morgan fingerprint density at radius 2 is 2.23 bits per heavy atom. The first kappa shape index (κ1) is 12.8. The van der Waals surface area contributed by atoms with Crippen LogP contribution in [0, 0.1) is 0 Å². The lowest BCUT2D eigenvalue weighted by Crippen LogP contribution is -2.28. The average Bonchev–Trinajstić information content (AvgIpc) is 2.58. The van der Waals surface area contributed by atoms with Crippen molar-refractivity contribution < 1.29 is 0 Å².